The number of halogens is 1. The Morgan fingerprint density at radius 3 is 2.56 bits per heavy atom. The lowest BCUT2D eigenvalue weighted by molar-refractivity contribution is 0.911. The maximum Gasteiger partial charge on any atom is 0.0835 e. The van der Waals surface area contributed by atoms with Gasteiger partial charge in [0.15, 0.2) is 0 Å². The van der Waals surface area contributed by atoms with Gasteiger partial charge >= 0.3 is 0 Å². The van der Waals surface area contributed by atoms with Crippen molar-refractivity contribution in [3.63, 3.8) is 0 Å². The van der Waals surface area contributed by atoms with Crippen molar-refractivity contribution in [1.82, 2.24) is 0 Å². The van der Waals surface area contributed by atoms with E-state index in [4.69, 9.17) is 11.6 Å². The maximum absolute atomic E-state index is 6.61. The summed E-state index contributed by atoms with van der Waals surface area (Å²) in [7, 11) is 0. The molecule has 1 atom stereocenters. The number of alkyl halides is 1. The van der Waals surface area contributed by atoms with E-state index in [0.717, 1.165) is 0 Å². The van der Waals surface area contributed by atoms with Gasteiger partial charge in [0.25, 0.3) is 0 Å². The Morgan fingerprint density at radius 2 is 1.72 bits per heavy atom. The van der Waals surface area contributed by atoms with Crippen LogP contribution in [0.25, 0.3) is 0 Å². The minimum atomic E-state index is -0.0317. The highest BCUT2D eigenvalue weighted by Crippen LogP contribution is 2.32. The third-order valence-corrected chi connectivity index (χ3v) is 4.25. The summed E-state index contributed by atoms with van der Waals surface area (Å²) >= 11 is 6.61. The van der Waals surface area contributed by atoms with Crippen molar-refractivity contribution < 1.29 is 0 Å². The van der Waals surface area contributed by atoms with Crippen molar-refractivity contribution in [2.75, 3.05) is 0 Å². The zero-order valence-corrected chi connectivity index (χ0v) is 11.4. The van der Waals surface area contributed by atoms with Crippen LogP contribution in [-0.4, -0.2) is 0 Å². The van der Waals surface area contributed by atoms with E-state index in [-0.39, 0.29) is 5.38 Å². The van der Waals surface area contributed by atoms with E-state index in [2.05, 4.69) is 49.4 Å². The second kappa shape index (κ2) is 4.78. The molecule has 0 heterocycles. The molecule has 1 unspecified atom stereocenters. The molecule has 0 aliphatic heterocycles. The van der Waals surface area contributed by atoms with Gasteiger partial charge in [0.05, 0.1) is 5.38 Å². The standard InChI is InChI=1S/C17H17Cl/c1-12-4-2-7-15(10-12)17(18)16-9-8-13-5-3-6-14(13)11-16/h2,4,7-11,17H,3,5-6H2,1H3. The van der Waals surface area contributed by atoms with Gasteiger partial charge in [-0.15, -0.1) is 11.6 Å². The normalized spacial score (nSPS) is 15.4. The fourth-order valence-electron chi connectivity index (χ4n) is 2.77. The van der Waals surface area contributed by atoms with Crippen LogP contribution in [0.1, 0.15) is 39.6 Å². The number of rotatable bonds is 2. The van der Waals surface area contributed by atoms with Crippen LogP contribution < -0.4 is 0 Å². The predicted octanol–water partition coefficient (Wildman–Crippen LogP) is 4.81. The Kier molecular flexibility index (Phi) is 3.13. The highest BCUT2D eigenvalue weighted by atomic mass is 35.5. The highest BCUT2D eigenvalue weighted by Gasteiger charge is 2.15. The van der Waals surface area contributed by atoms with Gasteiger partial charge in [-0.3, -0.25) is 0 Å². The molecule has 0 bridgehead atoms. The fourth-order valence-corrected chi connectivity index (χ4v) is 3.04. The zero-order chi connectivity index (χ0) is 12.5. The van der Waals surface area contributed by atoms with Gasteiger partial charge in [-0.1, -0.05) is 48.0 Å². The second-order valence-corrected chi connectivity index (χ2v) is 5.59. The summed E-state index contributed by atoms with van der Waals surface area (Å²) in [5.41, 5.74) is 6.68. The van der Waals surface area contributed by atoms with Crippen LogP contribution in [0.4, 0.5) is 0 Å². The molecule has 0 saturated carbocycles. The molecule has 0 aromatic heterocycles. The molecule has 0 radical (unpaired) electrons. The summed E-state index contributed by atoms with van der Waals surface area (Å²) in [5.74, 6) is 0. The molecule has 1 aliphatic carbocycles. The summed E-state index contributed by atoms with van der Waals surface area (Å²) < 4.78 is 0. The molecule has 2 aromatic carbocycles. The minimum Gasteiger partial charge on any atom is -0.113 e. The van der Waals surface area contributed by atoms with Gasteiger partial charge < -0.3 is 0 Å². The second-order valence-electron chi connectivity index (χ2n) is 5.16. The molecule has 0 N–H and O–H groups in total. The third-order valence-electron chi connectivity index (χ3n) is 3.75. The monoisotopic (exact) mass is 256 g/mol. The van der Waals surface area contributed by atoms with Crippen molar-refractivity contribution >= 4 is 11.6 Å². The molecule has 1 aliphatic rings. The van der Waals surface area contributed by atoms with Crippen molar-refractivity contribution in [2.45, 2.75) is 31.6 Å². The molecule has 0 fully saturated rings. The van der Waals surface area contributed by atoms with Gasteiger partial charge in [-0.25, -0.2) is 0 Å². The quantitative estimate of drug-likeness (QED) is 0.677. The lowest BCUT2D eigenvalue weighted by Crippen LogP contribution is -1.95. The Bertz CT molecular complexity index is 572. The van der Waals surface area contributed by atoms with Gasteiger partial charge in [0.1, 0.15) is 0 Å². The van der Waals surface area contributed by atoms with E-state index in [1.165, 1.54) is 47.1 Å². The van der Waals surface area contributed by atoms with Gasteiger partial charge in [0.2, 0.25) is 0 Å². The molecule has 0 spiro atoms. The molecule has 2 aromatic rings. The Hall–Kier alpha value is -1.27. The first-order valence-corrected chi connectivity index (χ1v) is 7.00. The van der Waals surface area contributed by atoms with E-state index in [1.807, 2.05) is 0 Å². The van der Waals surface area contributed by atoms with Gasteiger partial charge in [-0.05, 0) is 48.4 Å². The van der Waals surface area contributed by atoms with E-state index in [9.17, 15) is 0 Å². The molecule has 3 rings (SSSR count). The number of hydrogen-bond donors (Lipinski definition) is 0. The van der Waals surface area contributed by atoms with Crippen LogP contribution in [0, 0.1) is 6.92 Å². The average molecular weight is 257 g/mol. The van der Waals surface area contributed by atoms with Crippen molar-refractivity contribution in [2.24, 2.45) is 0 Å². The summed E-state index contributed by atoms with van der Waals surface area (Å²) in [6, 6.07) is 15.2. The summed E-state index contributed by atoms with van der Waals surface area (Å²) in [6.45, 7) is 2.11. The van der Waals surface area contributed by atoms with Crippen molar-refractivity contribution in [3.05, 3.63) is 70.3 Å². The SMILES string of the molecule is Cc1cccc(C(Cl)c2ccc3c(c2)CCC3)c1. The largest absolute Gasteiger partial charge is 0.113 e. The highest BCUT2D eigenvalue weighted by molar-refractivity contribution is 6.22. The van der Waals surface area contributed by atoms with Crippen LogP contribution in [0.5, 0.6) is 0 Å². The van der Waals surface area contributed by atoms with E-state index in [0.29, 0.717) is 0 Å². The molecule has 0 amide bonds. The van der Waals surface area contributed by atoms with E-state index < -0.39 is 0 Å². The molecule has 0 nitrogen and oxygen atoms in total. The average Bonchev–Trinajstić information content (AvgIpc) is 2.85. The molecule has 0 saturated heterocycles. The summed E-state index contributed by atoms with van der Waals surface area (Å²) in [4.78, 5) is 0. The Balaban J connectivity index is 1.95. The van der Waals surface area contributed by atoms with Crippen LogP contribution in [0.3, 0.4) is 0 Å². The van der Waals surface area contributed by atoms with E-state index >= 15 is 0 Å². The zero-order valence-electron chi connectivity index (χ0n) is 10.6. The van der Waals surface area contributed by atoms with Crippen LogP contribution in [0.15, 0.2) is 42.5 Å². The third kappa shape index (κ3) is 2.18. The number of benzene rings is 2. The van der Waals surface area contributed by atoms with Gasteiger partial charge in [0, 0.05) is 0 Å². The first-order valence-electron chi connectivity index (χ1n) is 6.56. The minimum absolute atomic E-state index is 0.0317. The predicted molar refractivity (Wildman–Crippen MR) is 77.3 cm³/mol. The molecular weight excluding hydrogens is 240 g/mol. The Morgan fingerprint density at radius 1 is 0.944 bits per heavy atom. The smallest absolute Gasteiger partial charge is 0.0835 e. The van der Waals surface area contributed by atoms with E-state index in [1.54, 1.807) is 0 Å². The van der Waals surface area contributed by atoms with Crippen LogP contribution in [-0.2, 0) is 12.8 Å². The molecule has 92 valence electrons. The lowest BCUT2D eigenvalue weighted by atomic mass is 9.99. The summed E-state index contributed by atoms with van der Waals surface area (Å²) in [6.07, 6.45) is 3.73. The maximum atomic E-state index is 6.61. The first-order chi connectivity index (χ1) is 8.74. The lowest BCUT2D eigenvalue weighted by Gasteiger charge is -2.12. The molecule has 1 heteroatoms. The van der Waals surface area contributed by atoms with Crippen LogP contribution in [0.2, 0.25) is 0 Å². The number of fused-ring (bicyclic) bond motifs is 1. The topological polar surface area (TPSA) is 0 Å². The van der Waals surface area contributed by atoms with Crippen LogP contribution >= 0.6 is 11.6 Å². The summed E-state index contributed by atoms with van der Waals surface area (Å²) in [5, 5.41) is -0.0317. The van der Waals surface area contributed by atoms with Crippen molar-refractivity contribution in [3.8, 4) is 0 Å². The first kappa shape index (κ1) is 11.8. The molecule has 18 heavy (non-hydrogen) atoms. The fraction of sp³-hybridized carbons (Fsp3) is 0.294. The number of aryl methyl sites for hydroxylation is 3. The van der Waals surface area contributed by atoms with Gasteiger partial charge in [-0.2, -0.15) is 0 Å². The Labute approximate surface area is 114 Å². The van der Waals surface area contributed by atoms with Crippen molar-refractivity contribution in [1.29, 1.82) is 0 Å². The number of hydrogen-bond acceptors (Lipinski definition) is 0. The molecular formula is C17H17Cl.